The van der Waals surface area contributed by atoms with Crippen molar-refractivity contribution in [2.75, 3.05) is 6.61 Å². The molecule has 0 heterocycles. The summed E-state index contributed by atoms with van der Waals surface area (Å²) in [4.78, 5) is 12.8. The SMILES string of the molecule is CCOc1ccccc1C(=O)C(C)(N)c1ccccc1. The molecule has 0 aliphatic rings. The number of carbonyl (C=O) groups excluding carboxylic acids is 1. The molecule has 2 aromatic rings. The minimum Gasteiger partial charge on any atom is -0.493 e. The first-order valence-corrected chi connectivity index (χ1v) is 6.68. The van der Waals surface area contributed by atoms with Gasteiger partial charge in [0.05, 0.1) is 12.2 Å². The van der Waals surface area contributed by atoms with Crippen molar-refractivity contribution in [3.05, 3.63) is 65.7 Å². The number of carbonyl (C=O) groups is 1. The highest BCUT2D eigenvalue weighted by Crippen LogP contribution is 2.27. The van der Waals surface area contributed by atoms with Crippen molar-refractivity contribution in [1.29, 1.82) is 0 Å². The first-order valence-electron chi connectivity index (χ1n) is 6.68. The standard InChI is InChI=1S/C17H19NO2/c1-3-20-15-12-8-7-11-14(15)16(19)17(2,18)13-9-5-4-6-10-13/h4-12H,3,18H2,1-2H3. The molecule has 0 saturated heterocycles. The van der Waals surface area contributed by atoms with Crippen LogP contribution >= 0.6 is 0 Å². The van der Waals surface area contributed by atoms with Crippen LogP contribution in [0.25, 0.3) is 0 Å². The Labute approximate surface area is 119 Å². The van der Waals surface area contributed by atoms with Crippen molar-refractivity contribution < 1.29 is 9.53 Å². The number of ketones is 1. The van der Waals surface area contributed by atoms with Crippen LogP contribution in [0.5, 0.6) is 5.75 Å². The van der Waals surface area contributed by atoms with E-state index in [2.05, 4.69) is 0 Å². The second-order valence-corrected chi connectivity index (χ2v) is 4.83. The molecule has 0 amide bonds. The van der Waals surface area contributed by atoms with E-state index in [1.807, 2.05) is 49.4 Å². The average molecular weight is 269 g/mol. The Morgan fingerprint density at radius 3 is 2.35 bits per heavy atom. The molecule has 104 valence electrons. The molecule has 0 aliphatic carbocycles. The Kier molecular flexibility index (Phi) is 4.20. The lowest BCUT2D eigenvalue weighted by molar-refractivity contribution is 0.0896. The first-order chi connectivity index (χ1) is 9.57. The number of Topliss-reactive ketones (excluding diaryl/α,β-unsaturated/α-hetero) is 1. The first kappa shape index (κ1) is 14.3. The zero-order chi connectivity index (χ0) is 14.6. The number of para-hydroxylation sites is 1. The highest BCUT2D eigenvalue weighted by Gasteiger charge is 2.32. The minimum absolute atomic E-state index is 0.146. The molecular formula is C17H19NO2. The van der Waals surface area contributed by atoms with E-state index >= 15 is 0 Å². The maximum atomic E-state index is 12.8. The molecule has 1 unspecified atom stereocenters. The lowest BCUT2D eigenvalue weighted by atomic mass is 9.85. The zero-order valence-corrected chi connectivity index (χ0v) is 11.8. The summed E-state index contributed by atoms with van der Waals surface area (Å²) in [5.41, 5.74) is 6.50. The van der Waals surface area contributed by atoms with Crippen molar-refractivity contribution in [3.63, 3.8) is 0 Å². The van der Waals surface area contributed by atoms with Crippen LogP contribution < -0.4 is 10.5 Å². The van der Waals surface area contributed by atoms with Gasteiger partial charge in [-0.1, -0.05) is 42.5 Å². The summed E-state index contributed by atoms with van der Waals surface area (Å²) in [6, 6.07) is 16.6. The van der Waals surface area contributed by atoms with Gasteiger partial charge in [0.25, 0.3) is 0 Å². The number of rotatable bonds is 5. The van der Waals surface area contributed by atoms with Gasteiger partial charge in [-0.25, -0.2) is 0 Å². The molecule has 0 saturated carbocycles. The Morgan fingerprint density at radius 2 is 1.70 bits per heavy atom. The molecule has 0 radical (unpaired) electrons. The maximum Gasteiger partial charge on any atom is 0.190 e. The van der Waals surface area contributed by atoms with E-state index in [4.69, 9.17) is 10.5 Å². The number of hydrogen-bond acceptors (Lipinski definition) is 3. The lowest BCUT2D eigenvalue weighted by Gasteiger charge is -2.24. The van der Waals surface area contributed by atoms with Gasteiger partial charge in [0.1, 0.15) is 11.3 Å². The molecule has 0 aromatic heterocycles. The van der Waals surface area contributed by atoms with Crippen molar-refractivity contribution >= 4 is 5.78 Å². The van der Waals surface area contributed by atoms with Gasteiger partial charge >= 0.3 is 0 Å². The van der Waals surface area contributed by atoms with Gasteiger partial charge in [0, 0.05) is 0 Å². The third-order valence-corrected chi connectivity index (χ3v) is 3.28. The molecule has 3 nitrogen and oxygen atoms in total. The van der Waals surface area contributed by atoms with E-state index in [1.165, 1.54) is 0 Å². The smallest absolute Gasteiger partial charge is 0.190 e. The van der Waals surface area contributed by atoms with Crippen LogP contribution in [0.2, 0.25) is 0 Å². The summed E-state index contributed by atoms with van der Waals surface area (Å²) in [5, 5.41) is 0. The summed E-state index contributed by atoms with van der Waals surface area (Å²) in [5.74, 6) is 0.431. The number of benzene rings is 2. The van der Waals surface area contributed by atoms with Crippen LogP contribution in [0, 0.1) is 0 Å². The molecule has 3 heteroatoms. The third kappa shape index (κ3) is 2.73. The summed E-state index contributed by atoms with van der Waals surface area (Å²) in [7, 11) is 0. The average Bonchev–Trinajstić information content (AvgIpc) is 2.48. The van der Waals surface area contributed by atoms with E-state index in [1.54, 1.807) is 19.1 Å². The Balaban J connectivity index is 2.41. The fourth-order valence-electron chi connectivity index (χ4n) is 2.13. The van der Waals surface area contributed by atoms with Crippen LogP contribution in [-0.2, 0) is 5.54 Å². The van der Waals surface area contributed by atoms with Gasteiger partial charge in [-0.05, 0) is 31.5 Å². The lowest BCUT2D eigenvalue weighted by Crippen LogP contribution is -2.42. The number of nitrogens with two attached hydrogens (primary N) is 1. The quantitative estimate of drug-likeness (QED) is 0.848. The van der Waals surface area contributed by atoms with Gasteiger partial charge in [-0.15, -0.1) is 0 Å². The minimum atomic E-state index is -1.07. The van der Waals surface area contributed by atoms with Gasteiger partial charge < -0.3 is 10.5 Å². The topological polar surface area (TPSA) is 52.3 Å². The van der Waals surface area contributed by atoms with Crippen LogP contribution in [0.15, 0.2) is 54.6 Å². The summed E-state index contributed by atoms with van der Waals surface area (Å²) in [6.45, 7) is 4.13. The predicted octanol–water partition coefficient (Wildman–Crippen LogP) is 3.14. The molecule has 2 N–H and O–H groups in total. The van der Waals surface area contributed by atoms with Crippen molar-refractivity contribution in [2.24, 2.45) is 5.73 Å². The molecule has 1 atom stereocenters. The predicted molar refractivity (Wildman–Crippen MR) is 79.9 cm³/mol. The maximum absolute atomic E-state index is 12.8. The van der Waals surface area contributed by atoms with Gasteiger partial charge in [0.15, 0.2) is 5.78 Å². The van der Waals surface area contributed by atoms with E-state index < -0.39 is 5.54 Å². The van der Waals surface area contributed by atoms with E-state index in [-0.39, 0.29) is 5.78 Å². The molecule has 2 rings (SSSR count). The fraction of sp³-hybridized carbons (Fsp3) is 0.235. The largest absolute Gasteiger partial charge is 0.493 e. The molecule has 0 aliphatic heterocycles. The fourth-order valence-corrected chi connectivity index (χ4v) is 2.13. The monoisotopic (exact) mass is 269 g/mol. The molecule has 0 spiro atoms. The molecular weight excluding hydrogens is 250 g/mol. The van der Waals surface area contributed by atoms with E-state index in [0.717, 1.165) is 5.56 Å². The second-order valence-electron chi connectivity index (χ2n) is 4.83. The van der Waals surface area contributed by atoms with E-state index in [0.29, 0.717) is 17.9 Å². The zero-order valence-electron chi connectivity index (χ0n) is 11.8. The Morgan fingerprint density at radius 1 is 1.10 bits per heavy atom. The second kappa shape index (κ2) is 5.88. The normalized spacial score (nSPS) is 13.6. The van der Waals surface area contributed by atoms with Crippen molar-refractivity contribution in [2.45, 2.75) is 19.4 Å². The molecule has 20 heavy (non-hydrogen) atoms. The number of hydrogen-bond donors (Lipinski definition) is 1. The molecule has 2 aromatic carbocycles. The highest BCUT2D eigenvalue weighted by molar-refractivity contribution is 6.05. The molecule has 0 bridgehead atoms. The summed E-state index contributed by atoms with van der Waals surface area (Å²) < 4.78 is 5.51. The van der Waals surface area contributed by atoms with Crippen molar-refractivity contribution in [3.8, 4) is 5.75 Å². The van der Waals surface area contributed by atoms with Gasteiger partial charge in [-0.3, -0.25) is 4.79 Å². The van der Waals surface area contributed by atoms with Gasteiger partial charge in [0.2, 0.25) is 0 Å². The van der Waals surface area contributed by atoms with Crippen LogP contribution in [-0.4, -0.2) is 12.4 Å². The van der Waals surface area contributed by atoms with Crippen LogP contribution in [0.4, 0.5) is 0 Å². The van der Waals surface area contributed by atoms with Crippen LogP contribution in [0.1, 0.15) is 29.8 Å². The molecule has 0 fully saturated rings. The summed E-state index contributed by atoms with van der Waals surface area (Å²) in [6.07, 6.45) is 0. The van der Waals surface area contributed by atoms with Crippen LogP contribution in [0.3, 0.4) is 0 Å². The Hall–Kier alpha value is -2.13. The number of ether oxygens (including phenoxy) is 1. The summed E-state index contributed by atoms with van der Waals surface area (Å²) >= 11 is 0. The highest BCUT2D eigenvalue weighted by atomic mass is 16.5. The third-order valence-electron chi connectivity index (χ3n) is 3.28. The van der Waals surface area contributed by atoms with Crippen molar-refractivity contribution in [1.82, 2.24) is 0 Å². The van der Waals surface area contributed by atoms with E-state index in [9.17, 15) is 4.79 Å². The Bertz CT molecular complexity index is 591. The van der Waals surface area contributed by atoms with Gasteiger partial charge in [-0.2, -0.15) is 0 Å².